The van der Waals surface area contributed by atoms with Gasteiger partial charge in [-0.3, -0.25) is 4.98 Å². The Hall–Kier alpha value is -2.29. The van der Waals surface area contributed by atoms with Crippen molar-refractivity contribution in [2.24, 2.45) is 5.16 Å². The molecule has 0 bridgehead atoms. The Morgan fingerprint density at radius 2 is 1.79 bits per heavy atom. The molecule has 28 heavy (non-hydrogen) atoms. The summed E-state index contributed by atoms with van der Waals surface area (Å²) in [6.07, 6.45) is -8.85. The molecule has 0 saturated carbocycles. The molecule has 0 radical (unpaired) electrons. The highest BCUT2D eigenvalue weighted by Gasteiger charge is 2.34. The number of aromatic nitrogens is 1. The minimum absolute atomic E-state index is 0.0289. The molecule has 0 fully saturated rings. The van der Waals surface area contributed by atoms with Gasteiger partial charge in [0.25, 0.3) is 0 Å². The fraction of sp³-hybridized carbons (Fsp3) is 0.333. The van der Waals surface area contributed by atoms with E-state index in [1.807, 2.05) is 0 Å². The van der Waals surface area contributed by atoms with Gasteiger partial charge in [-0.1, -0.05) is 28.4 Å². The van der Waals surface area contributed by atoms with Crippen molar-refractivity contribution in [3.63, 3.8) is 0 Å². The summed E-state index contributed by atoms with van der Waals surface area (Å²) in [7, 11) is 0. The lowest BCUT2D eigenvalue weighted by atomic mass is 9.97. The second-order valence-corrected chi connectivity index (χ2v) is 6.83. The van der Waals surface area contributed by atoms with E-state index in [1.165, 1.54) is 6.92 Å². The Morgan fingerprint density at radius 3 is 2.43 bits per heavy atom. The van der Waals surface area contributed by atoms with Gasteiger partial charge >= 0.3 is 12.4 Å². The van der Waals surface area contributed by atoms with Crippen LogP contribution in [0, 0.1) is 6.92 Å². The molecule has 1 aromatic carbocycles. The van der Waals surface area contributed by atoms with Gasteiger partial charge in [0, 0.05) is 19.0 Å². The molecule has 0 spiro atoms. The highest BCUT2D eigenvalue weighted by Crippen LogP contribution is 2.36. The van der Waals surface area contributed by atoms with Crippen LogP contribution in [0.5, 0.6) is 0 Å². The van der Waals surface area contributed by atoms with Crippen molar-refractivity contribution in [2.45, 2.75) is 38.2 Å². The second-order valence-electron chi connectivity index (χ2n) is 6.42. The van der Waals surface area contributed by atoms with Crippen LogP contribution in [0.15, 0.2) is 35.6 Å². The second kappa shape index (κ2) is 7.27. The van der Waals surface area contributed by atoms with Gasteiger partial charge in [0.05, 0.1) is 16.3 Å². The van der Waals surface area contributed by atoms with Gasteiger partial charge in [0.1, 0.15) is 5.69 Å². The Morgan fingerprint density at radius 1 is 1.07 bits per heavy atom. The number of rotatable bonds is 3. The highest BCUT2D eigenvalue weighted by atomic mass is 35.5. The molecule has 0 N–H and O–H groups in total. The Kier molecular flexibility index (Phi) is 5.31. The summed E-state index contributed by atoms with van der Waals surface area (Å²) in [5.74, 6) is 0. The summed E-state index contributed by atoms with van der Waals surface area (Å²) in [5, 5.41) is 3.85. The number of halogens is 7. The maximum absolute atomic E-state index is 13.0. The van der Waals surface area contributed by atoms with E-state index in [4.69, 9.17) is 16.4 Å². The summed E-state index contributed by atoms with van der Waals surface area (Å²) >= 11 is 5.92. The number of nitrogens with zero attached hydrogens (tertiary/aromatic N) is 2. The van der Waals surface area contributed by atoms with E-state index >= 15 is 0 Å². The predicted octanol–water partition coefficient (Wildman–Crippen LogP) is 6.14. The maximum Gasteiger partial charge on any atom is 0.433 e. The lowest BCUT2D eigenvalue weighted by Crippen LogP contribution is -2.11. The van der Waals surface area contributed by atoms with Crippen molar-refractivity contribution >= 4 is 17.3 Å². The number of aryl methyl sites for hydroxylation is 1. The van der Waals surface area contributed by atoms with Crippen LogP contribution in [-0.2, 0) is 23.6 Å². The fourth-order valence-electron chi connectivity index (χ4n) is 2.86. The Balaban J connectivity index is 1.77. The molecule has 1 atom stereocenters. The van der Waals surface area contributed by atoms with E-state index in [0.29, 0.717) is 16.8 Å². The zero-order valence-corrected chi connectivity index (χ0v) is 15.1. The van der Waals surface area contributed by atoms with Crippen LogP contribution in [0.3, 0.4) is 0 Å². The van der Waals surface area contributed by atoms with Crippen molar-refractivity contribution < 1.29 is 31.2 Å². The number of hydrogen-bond acceptors (Lipinski definition) is 3. The first-order valence-corrected chi connectivity index (χ1v) is 8.43. The van der Waals surface area contributed by atoms with Crippen molar-refractivity contribution in [2.75, 3.05) is 0 Å². The first kappa shape index (κ1) is 20.4. The molecule has 1 aliphatic rings. The van der Waals surface area contributed by atoms with E-state index in [2.05, 4.69) is 10.1 Å². The third-order valence-corrected chi connectivity index (χ3v) is 4.49. The van der Waals surface area contributed by atoms with Crippen molar-refractivity contribution in [3.8, 4) is 0 Å². The van der Waals surface area contributed by atoms with Crippen molar-refractivity contribution in [3.05, 3.63) is 63.4 Å². The van der Waals surface area contributed by atoms with E-state index in [1.54, 1.807) is 6.07 Å². The van der Waals surface area contributed by atoms with Crippen LogP contribution in [-0.4, -0.2) is 10.7 Å². The average molecular weight is 423 g/mol. The lowest BCUT2D eigenvalue weighted by Gasteiger charge is -2.14. The maximum atomic E-state index is 13.0. The summed E-state index contributed by atoms with van der Waals surface area (Å²) in [6, 6.07) is 4.39. The summed E-state index contributed by atoms with van der Waals surface area (Å²) in [4.78, 5) is 8.48. The van der Waals surface area contributed by atoms with E-state index in [0.717, 1.165) is 24.4 Å². The molecule has 1 aliphatic heterocycles. The first-order chi connectivity index (χ1) is 12.9. The Bertz CT molecular complexity index is 923. The van der Waals surface area contributed by atoms with Gasteiger partial charge in [0.2, 0.25) is 0 Å². The first-order valence-electron chi connectivity index (χ1n) is 8.05. The number of benzene rings is 1. The van der Waals surface area contributed by atoms with Gasteiger partial charge in [-0.05, 0) is 36.2 Å². The van der Waals surface area contributed by atoms with Gasteiger partial charge in [0.15, 0.2) is 6.10 Å². The molecule has 1 aromatic heterocycles. The SMILES string of the molecule is Cc1cc(C2CC(Cc3cc(C(F)(F)F)ncc3Cl)=NO2)cc(C(F)(F)F)c1. The zero-order chi connectivity index (χ0) is 20.7. The third-order valence-electron chi connectivity index (χ3n) is 4.15. The third kappa shape index (κ3) is 4.57. The standard InChI is InChI=1S/C18H13ClF6N2O/c1-9-2-11(4-12(3-9)17(20,21)22)15-7-13(27-28-15)5-10-6-16(18(23,24)25)26-8-14(10)19/h2-4,6,8,15H,5,7H2,1H3. The Labute approximate surface area is 161 Å². The van der Waals surface area contributed by atoms with Crippen LogP contribution in [0.4, 0.5) is 26.3 Å². The van der Waals surface area contributed by atoms with Gasteiger partial charge in [-0.15, -0.1) is 0 Å². The summed E-state index contributed by atoms with van der Waals surface area (Å²) in [6.45, 7) is 1.53. The van der Waals surface area contributed by atoms with Gasteiger partial charge in [-0.2, -0.15) is 26.3 Å². The molecule has 0 aliphatic carbocycles. The number of pyridine rings is 1. The molecule has 10 heteroatoms. The van der Waals surface area contributed by atoms with Crippen LogP contribution in [0.2, 0.25) is 5.02 Å². The van der Waals surface area contributed by atoms with E-state index in [9.17, 15) is 26.3 Å². The van der Waals surface area contributed by atoms with Crippen LogP contribution in [0.25, 0.3) is 0 Å². The fourth-order valence-corrected chi connectivity index (χ4v) is 3.03. The molecule has 150 valence electrons. The monoisotopic (exact) mass is 422 g/mol. The molecule has 2 heterocycles. The van der Waals surface area contributed by atoms with E-state index in [-0.39, 0.29) is 23.4 Å². The molecular formula is C18H13ClF6N2O. The molecule has 1 unspecified atom stereocenters. The van der Waals surface area contributed by atoms with Crippen molar-refractivity contribution in [1.29, 1.82) is 0 Å². The van der Waals surface area contributed by atoms with Gasteiger partial charge < -0.3 is 4.84 Å². The highest BCUT2D eigenvalue weighted by molar-refractivity contribution is 6.31. The van der Waals surface area contributed by atoms with Crippen LogP contribution in [0.1, 0.15) is 40.5 Å². The largest absolute Gasteiger partial charge is 0.433 e. The van der Waals surface area contributed by atoms with Crippen LogP contribution >= 0.6 is 11.6 Å². The normalized spacial score (nSPS) is 17.4. The molecule has 2 aromatic rings. The lowest BCUT2D eigenvalue weighted by molar-refractivity contribution is -0.141. The molecule has 0 amide bonds. The van der Waals surface area contributed by atoms with E-state index < -0.39 is 29.7 Å². The van der Waals surface area contributed by atoms with Crippen LogP contribution < -0.4 is 0 Å². The minimum atomic E-state index is -4.62. The average Bonchev–Trinajstić information content (AvgIpc) is 3.03. The molecular weight excluding hydrogens is 410 g/mol. The summed E-state index contributed by atoms with van der Waals surface area (Å²) in [5.41, 5.74) is -0.645. The molecule has 3 nitrogen and oxygen atoms in total. The predicted molar refractivity (Wildman–Crippen MR) is 90.0 cm³/mol. The molecule has 3 rings (SSSR count). The number of alkyl halides is 6. The number of oxime groups is 1. The summed E-state index contributed by atoms with van der Waals surface area (Å²) < 4.78 is 77.4. The topological polar surface area (TPSA) is 34.5 Å². The molecule has 0 saturated heterocycles. The quantitative estimate of drug-likeness (QED) is 0.557. The zero-order valence-electron chi connectivity index (χ0n) is 14.3. The minimum Gasteiger partial charge on any atom is -0.387 e. The van der Waals surface area contributed by atoms with Crippen molar-refractivity contribution in [1.82, 2.24) is 4.98 Å². The smallest absolute Gasteiger partial charge is 0.387 e. The van der Waals surface area contributed by atoms with Gasteiger partial charge in [-0.25, -0.2) is 0 Å². The number of hydrogen-bond donors (Lipinski definition) is 0.